The first-order valence-electron chi connectivity index (χ1n) is 7.07. The van der Waals surface area contributed by atoms with Gasteiger partial charge < -0.3 is 15.2 Å². The predicted molar refractivity (Wildman–Crippen MR) is 93.2 cm³/mol. The molecule has 0 atom stereocenters. The van der Waals surface area contributed by atoms with Crippen LogP contribution in [0.15, 0.2) is 53.5 Å². The zero-order valence-corrected chi connectivity index (χ0v) is 13.4. The standard InChI is InChI=1S/C17H13ClFN3O2/c1-22-9-15(11-4-2-3-5-12(11)16(22)23)21-17(24)20-10-6-7-14(19)13(18)8-10/h2-9H,1H3,(H2,20,21,24). The number of carbonyl (C=O) groups is 1. The molecule has 0 unspecified atom stereocenters. The van der Waals surface area contributed by atoms with Gasteiger partial charge in [0.2, 0.25) is 0 Å². The van der Waals surface area contributed by atoms with Crippen LogP contribution in [0.4, 0.5) is 20.6 Å². The number of hydrogen-bond acceptors (Lipinski definition) is 2. The SMILES string of the molecule is Cn1cc(NC(=O)Nc2ccc(F)c(Cl)c2)c2ccccc2c1=O. The smallest absolute Gasteiger partial charge is 0.316 e. The highest BCUT2D eigenvalue weighted by Crippen LogP contribution is 2.22. The zero-order chi connectivity index (χ0) is 17.3. The van der Waals surface area contributed by atoms with Crippen molar-refractivity contribution in [3.63, 3.8) is 0 Å². The summed E-state index contributed by atoms with van der Waals surface area (Å²) in [6.07, 6.45) is 1.54. The van der Waals surface area contributed by atoms with Crippen LogP contribution in [-0.2, 0) is 7.05 Å². The van der Waals surface area contributed by atoms with Crippen LogP contribution in [0.2, 0.25) is 5.02 Å². The largest absolute Gasteiger partial charge is 0.323 e. The first-order valence-corrected chi connectivity index (χ1v) is 7.45. The summed E-state index contributed by atoms with van der Waals surface area (Å²) in [5.74, 6) is -0.563. The van der Waals surface area contributed by atoms with E-state index >= 15 is 0 Å². The topological polar surface area (TPSA) is 63.1 Å². The van der Waals surface area contributed by atoms with Gasteiger partial charge in [-0.1, -0.05) is 29.8 Å². The predicted octanol–water partition coefficient (Wildman–Crippen LogP) is 3.98. The van der Waals surface area contributed by atoms with Gasteiger partial charge in [0.1, 0.15) is 5.82 Å². The van der Waals surface area contributed by atoms with Gasteiger partial charge in [0, 0.05) is 29.7 Å². The summed E-state index contributed by atoms with van der Waals surface area (Å²) in [5, 5.41) is 6.31. The van der Waals surface area contributed by atoms with Crippen LogP contribution in [0, 0.1) is 5.82 Å². The van der Waals surface area contributed by atoms with Crippen molar-refractivity contribution in [3.8, 4) is 0 Å². The number of nitrogens with one attached hydrogen (secondary N) is 2. The molecule has 1 heterocycles. The average Bonchev–Trinajstić information content (AvgIpc) is 2.56. The van der Waals surface area contributed by atoms with Gasteiger partial charge in [-0.15, -0.1) is 0 Å². The number of nitrogens with zero attached hydrogens (tertiary/aromatic N) is 1. The van der Waals surface area contributed by atoms with Gasteiger partial charge in [-0.3, -0.25) is 4.79 Å². The molecule has 7 heteroatoms. The molecule has 0 radical (unpaired) electrons. The molecule has 0 saturated heterocycles. The lowest BCUT2D eigenvalue weighted by molar-refractivity contribution is 0.262. The highest BCUT2D eigenvalue weighted by atomic mass is 35.5. The van der Waals surface area contributed by atoms with E-state index < -0.39 is 11.8 Å². The van der Waals surface area contributed by atoms with Crippen molar-refractivity contribution in [2.24, 2.45) is 7.05 Å². The maximum absolute atomic E-state index is 13.1. The van der Waals surface area contributed by atoms with Gasteiger partial charge in [-0.25, -0.2) is 9.18 Å². The van der Waals surface area contributed by atoms with Crippen molar-refractivity contribution in [1.29, 1.82) is 0 Å². The quantitative estimate of drug-likeness (QED) is 0.738. The lowest BCUT2D eigenvalue weighted by atomic mass is 10.1. The van der Waals surface area contributed by atoms with Crippen LogP contribution in [0.25, 0.3) is 10.8 Å². The first-order chi connectivity index (χ1) is 11.5. The molecule has 5 nitrogen and oxygen atoms in total. The molecule has 0 bridgehead atoms. The Morgan fingerprint density at radius 2 is 1.83 bits per heavy atom. The van der Waals surface area contributed by atoms with Gasteiger partial charge >= 0.3 is 6.03 Å². The summed E-state index contributed by atoms with van der Waals surface area (Å²) >= 11 is 5.69. The Kier molecular flexibility index (Phi) is 4.22. The van der Waals surface area contributed by atoms with Crippen LogP contribution < -0.4 is 16.2 Å². The second kappa shape index (κ2) is 6.33. The molecular formula is C17H13ClFN3O2. The lowest BCUT2D eigenvalue weighted by Crippen LogP contribution is -2.23. The summed E-state index contributed by atoms with van der Waals surface area (Å²) in [6, 6.07) is 10.3. The Morgan fingerprint density at radius 1 is 1.12 bits per heavy atom. The molecule has 0 aliphatic rings. The van der Waals surface area contributed by atoms with Crippen molar-refractivity contribution in [3.05, 3.63) is 69.9 Å². The van der Waals surface area contributed by atoms with Crippen molar-refractivity contribution in [2.45, 2.75) is 0 Å². The van der Waals surface area contributed by atoms with Gasteiger partial charge in [-0.2, -0.15) is 0 Å². The molecular weight excluding hydrogens is 333 g/mol. The Balaban J connectivity index is 1.89. The third-order valence-corrected chi connectivity index (χ3v) is 3.81. The monoisotopic (exact) mass is 345 g/mol. The number of benzene rings is 2. The minimum Gasteiger partial charge on any atom is -0.316 e. The number of pyridine rings is 1. The number of hydrogen-bond donors (Lipinski definition) is 2. The number of urea groups is 1. The Labute approximate surface area is 141 Å². The van der Waals surface area contributed by atoms with Crippen LogP contribution in [-0.4, -0.2) is 10.6 Å². The Bertz CT molecular complexity index is 1000. The number of aromatic nitrogens is 1. The number of halogens is 2. The summed E-state index contributed by atoms with van der Waals surface area (Å²) in [4.78, 5) is 24.3. The summed E-state index contributed by atoms with van der Waals surface area (Å²) < 4.78 is 14.5. The molecule has 0 aliphatic heterocycles. The number of amides is 2. The van der Waals surface area contributed by atoms with E-state index in [0.29, 0.717) is 22.1 Å². The van der Waals surface area contributed by atoms with Crippen molar-refractivity contribution >= 4 is 39.8 Å². The molecule has 2 aromatic carbocycles. The van der Waals surface area contributed by atoms with Crippen molar-refractivity contribution < 1.29 is 9.18 Å². The molecule has 3 rings (SSSR count). The minimum absolute atomic E-state index is 0.0830. The van der Waals surface area contributed by atoms with Crippen LogP contribution >= 0.6 is 11.6 Å². The first kappa shape index (κ1) is 16.0. The fourth-order valence-electron chi connectivity index (χ4n) is 2.37. The number of rotatable bonds is 2. The molecule has 0 saturated carbocycles. The van der Waals surface area contributed by atoms with Gasteiger partial charge in [0.05, 0.1) is 10.7 Å². The molecule has 0 aliphatic carbocycles. The van der Waals surface area contributed by atoms with Gasteiger partial charge in [-0.05, 0) is 24.3 Å². The maximum Gasteiger partial charge on any atom is 0.323 e. The molecule has 0 spiro atoms. The van der Waals surface area contributed by atoms with Gasteiger partial charge in [0.15, 0.2) is 0 Å². The van der Waals surface area contributed by atoms with Crippen LogP contribution in [0.3, 0.4) is 0 Å². The molecule has 3 aromatic rings. The highest BCUT2D eigenvalue weighted by molar-refractivity contribution is 6.31. The van der Waals surface area contributed by atoms with E-state index in [9.17, 15) is 14.0 Å². The fraction of sp³-hybridized carbons (Fsp3) is 0.0588. The molecule has 1 aromatic heterocycles. The van der Waals surface area contributed by atoms with Crippen molar-refractivity contribution in [2.75, 3.05) is 10.6 Å². The Morgan fingerprint density at radius 3 is 2.54 bits per heavy atom. The summed E-state index contributed by atoms with van der Waals surface area (Å²) in [6.45, 7) is 0. The molecule has 24 heavy (non-hydrogen) atoms. The third-order valence-electron chi connectivity index (χ3n) is 3.52. The normalized spacial score (nSPS) is 10.6. The highest BCUT2D eigenvalue weighted by Gasteiger charge is 2.10. The number of aryl methyl sites for hydroxylation is 1. The van der Waals surface area contributed by atoms with Crippen molar-refractivity contribution in [1.82, 2.24) is 4.57 Å². The van der Waals surface area contributed by atoms with Crippen LogP contribution in [0.1, 0.15) is 0 Å². The number of fused-ring (bicyclic) bond motifs is 1. The molecule has 2 N–H and O–H groups in total. The second-order valence-electron chi connectivity index (χ2n) is 5.21. The molecule has 0 fully saturated rings. The van der Waals surface area contributed by atoms with E-state index in [1.165, 1.54) is 22.8 Å². The maximum atomic E-state index is 13.1. The third kappa shape index (κ3) is 3.09. The van der Waals surface area contributed by atoms with E-state index in [2.05, 4.69) is 10.6 Å². The van der Waals surface area contributed by atoms with E-state index in [0.717, 1.165) is 0 Å². The average molecular weight is 346 g/mol. The Hall–Kier alpha value is -2.86. The number of anilines is 2. The fourth-order valence-corrected chi connectivity index (χ4v) is 2.55. The van der Waals surface area contributed by atoms with E-state index in [4.69, 9.17) is 11.6 Å². The second-order valence-corrected chi connectivity index (χ2v) is 5.62. The molecule has 2 amide bonds. The van der Waals surface area contributed by atoms with Gasteiger partial charge in [0.25, 0.3) is 5.56 Å². The number of carbonyl (C=O) groups excluding carboxylic acids is 1. The summed E-state index contributed by atoms with van der Waals surface area (Å²) in [5.41, 5.74) is 0.688. The van der Waals surface area contributed by atoms with E-state index in [-0.39, 0.29) is 10.6 Å². The lowest BCUT2D eigenvalue weighted by Gasteiger charge is -2.12. The minimum atomic E-state index is -0.563. The summed E-state index contributed by atoms with van der Waals surface area (Å²) in [7, 11) is 1.61. The molecule has 122 valence electrons. The van der Waals surface area contributed by atoms with E-state index in [1.54, 1.807) is 37.5 Å². The van der Waals surface area contributed by atoms with Crippen LogP contribution in [0.5, 0.6) is 0 Å². The van der Waals surface area contributed by atoms with E-state index in [1.807, 2.05) is 0 Å². The zero-order valence-electron chi connectivity index (χ0n) is 12.6.